The Labute approximate surface area is 84.8 Å². The first-order chi connectivity index (χ1) is 6.72. The molecule has 0 fully saturated rings. The second kappa shape index (κ2) is 8.66. The molecule has 0 aromatic heterocycles. The molecule has 0 amide bonds. The Morgan fingerprint density at radius 3 is 2.29 bits per heavy atom. The number of hydrogen-bond acceptors (Lipinski definition) is 3. The van der Waals surface area contributed by atoms with E-state index in [1.165, 1.54) is 25.5 Å². The molecule has 0 aliphatic rings. The van der Waals surface area contributed by atoms with Gasteiger partial charge in [0.1, 0.15) is 0 Å². The topological polar surface area (TPSA) is 60.2 Å². The molecule has 4 heteroatoms. The van der Waals surface area contributed by atoms with Gasteiger partial charge in [-0.1, -0.05) is 39.0 Å². The Bertz CT molecular complexity index is 171. The van der Waals surface area contributed by atoms with Crippen LogP contribution < -0.4 is 0 Å². The van der Waals surface area contributed by atoms with Crippen molar-refractivity contribution < 1.29 is 9.72 Å². The molecule has 0 N–H and O–H groups in total. The van der Waals surface area contributed by atoms with Gasteiger partial charge in [-0.05, 0) is 6.42 Å². The summed E-state index contributed by atoms with van der Waals surface area (Å²) in [6.07, 6.45) is 8.23. The van der Waals surface area contributed by atoms with Gasteiger partial charge < -0.3 is 0 Å². The van der Waals surface area contributed by atoms with E-state index in [0.29, 0.717) is 6.42 Å². The number of carbonyl (C=O) groups excluding carboxylic acids is 1. The highest BCUT2D eigenvalue weighted by atomic mass is 16.6. The van der Waals surface area contributed by atoms with E-state index in [-0.39, 0.29) is 0 Å². The Kier molecular flexibility index (Phi) is 8.08. The molecule has 0 bridgehead atoms. The molecule has 0 heterocycles. The fourth-order valence-corrected chi connectivity index (χ4v) is 1.33. The van der Waals surface area contributed by atoms with E-state index in [1.807, 2.05) is 0 Å². The summed E-state index contributed by atoms with van der Waals surface area (Å²) < 4.78 is 0. The van der Waals surface area contributed by atoms with Gasteiger partial charge in [0.05, 0.1) is 0 Å². The van der Waals surface area contributed by atoms with Gasteiger partial charge in [-0.15, -0.1) is 0 Å². The molecular formula is C10H18NO3. The lowest BCUT2D eigenvalue weighted by atomic mass is 10.1. The van der Waals surface area contributed by atoms with Gasteiger partial charge in [0.25, 0.3) is 12.3 Å². The molecule has 1 unspecified atom stereocenters. The van der Waals surface area contributed by atoms with E-state index in [4.69, 9.17) is 0 Å². The van der Waals surface area contributed by atoms with Crippen LogP contribution in [0.3, 0.4) is 0 Å². The second-order valence-corrected chi connectivity index (χ2v) is 3.48. The van der Waals surface area contributed by atoms with E-state index in [9.17, 15) is 14.9 Å². The summed E-state index contributed by atoms with van der Waals surface area (Å²) >= 11 is 0. The van der Waals surface area contributed by atoms with E-state index >= 15 is 0 Å². The van der Waals surface area contributed by atoms with Crippen LogP contribution in [-0.2, 0) is 4.79 Å². The van der Waals surface area contributed by atoms with Crippen molar-refractivity contribution in [2.45, 2.75) is 57.9 Å². The predicted molar refractivity (Wildman–Crippen MR) is 54.5 cm³/mol. The number of rotatable bonds is 9. The third-order valence-corrected chi connectivity index (χ3v) is 2.22. The van der Waals surface area contributed by atoms with E-state index in [1.54, 1.807) is 0 Å². The van der Waals surface area contributed by atoms with Crippen molar-refractivity contribution in [3.05, 3.63) is 10.1 Å². The van der Waals surface area contributed by atoms with Crippen LogP contribution in [0.4, 0.5) is 0 Å². The standard InChI is InChI=1S/C10H18NO3/c1-2-3-4-5-6-7-8-10(9-12)11(13)14/h10H,2-8H2,1H3. The highest BCUT2D eigenvalue weighted by Crippen LogP contribution is 2.08. The minimum atomic E-state index is -1.11. The lowest BCUT2D eigenvalue weighted by molar-refractivity contribution is -0.503. The second-order valence-electron chi connectivity index (χ2n) is 3.48. The van der Waals surface area contributed by atoms with Crippen LogP contribution in [0, 0.1) is 10.1 Å². The number of nitrogens with zero attached hydrogens (tertiary/aromatic N) is 1. The molecule has 0 rings (SSSR count). The number of hydrogen-bond donors (Lipinski definition) is 0. The minimum Gasteiger partial charge on any atom is -0.283 e. The maximum Gasteiger partial charge on any atom is 0.278 e. The molecule has 81 valence electrons. The molecule has 1 radical (unpaired) electrons. The smallest absolute Gasteiger partial charge is 0.278 e. The summed E-state index contributed by atoms with van der Waals surface area (Å²) in [4.78, 5) is 19.8. The highest BCUT2D eigenvalue weighted by Gasteiger charge is 2.18. The van der Waals surface area contributed by atoms with E-state index in [2.05, 4.69) is 6.92 Å². The molecule has 0 spiro atoms. The van der Waals surface area contributed by atoms with Gasteiger partial charge in [0.15, 0.2) is 0 Å². The first-order valence-corrected chi connectivity index (χ1v) is 5.23. The molecule has 0 saturated carbocycles. The molecule has 0 aromatic carbocycles. The normalized spacial score (nSPS) is 12.4. The first-order valence-electron chi connectivity index (χ1n) is 5.23. The monoisotopic (exact) mass is 200 g/mol. The lowest BCUT2D eigenvalue weighted by Gasteiger charge is -2.01. The molecule has 1 atom stereocenters. The van der Waals surface area contributed by atoms with Crippen LogP contribution in [0.1, 0.15) is 51.9 Å². The summed E-state index contributed by atoms with van der Waals surface area (Å²) in [5.74, 6) is 0. The van der Waals surface area contributed by atoms with E-state index < -0.39 is 11.0 Å². The summed E-state index contributed by atoms with van der Waals surface area (Å²) in [7, 11) is 0. The summed E-state index contributed by atoms with van der Waals surface area (Å²) in [6.45, 7) is 2.14. The molecule has 4 nitrogen and oxygen atoms in total. The van der Waals surface area contributed by atoms with Crippen molar-refractivity contribution >= 4 is 6.29 Å². The minimum absolute atomic E-state index is 0.336. The zero-order chi connectivity index (χ0) is 10.8. The SMILES string of the molecule is CCCCCCCCC([C]=O)[N+](=O)[O-]. The predicted octanol–water partition coefficient (Wildman–Crippen LogP) is 2.49. The van der Waals surface area contributed by atoms with Gasteiger partial charge in [0.2, 0.25) is 0 Å². The fraction of sp³-hybridized carbons (Fsp3) is 0.900. The van der Waals surface area contributed by atoms with Crippen molar-refractivity contribution in [2.75, 3.05) is 0 Å². The Balaban J connectivity index is 3.33. The van der Waals surface area contributed by atoms with Crippen molar-refractivity contribution in [1.82, 2.24) is 0 Å². The van der Waals surface area contributed by atoms with Crippen LogP contribution in [-0.4, -0.2) is 17.3 Å². The average molecular weight is 200 g/mol. The molecule has 0 aromatic rings. The maximum absolute atomic E-state index is 10.2. The van der Waals surface area contributed by atoms with Crippen LogP contribution >= 0.6 is 0 Å². The van der Waals surface area contributed by atoms with Crippen molar-refractivity contribution in [1.29, 1.82) is 0 Å². The van der Waals surface area contributed by atoms with Crippen LogP contribution in [0.25, 0.3) is 0 Å². The quantitative estimate of drug-likeness (QED) is 0.326. The highest BCUT2D eigenvalue weighted by molar-refractivity contribution is 5.56. The zero-order valence-corrected chi connectivity index (χ0v) is 8.70. The maximum atomic E-state index is 10.2. The lowest BCUT2D eigenvalue weighted by Crippen LogP contribution is -2.20. The molecule has 0 aliphatic heterocycles. The largest absolute Gasteiger partial charge is 0.283 e. The van der Waals surface area contributed by atoms with Crippen LogP contribution in [0.2, 0.25) is 0 Å². The number of unbranched alkanes of at least 4 members (excludes halogenated alkanes) is 5. The summed E-state index contributed by atoms with van der Waals surface area (Å²) in [5, 5.41) is 10.2. The van der Waals surface area contributed by atoms with Crippen LogP contribution in [0.5, 0.6) is 0 Å². The van der Waals surface area contributed by atoms with Gasteiger partial charge in [-0.25, -0.2) is 0 Å². The zero-order valence-electron chi connectivity index (χ0n) is 8.70. The summed E-state index contributed by atoms with van der Waals surface area (Å²) in [5.41, 5.74) is 0. The third kappa shape index (κ3) is 6.57. The molecule has 0 saturated heterocycles. The van der Waals surface area contributed by atoms with Gasteiger partial charge in [-0.2, -0.15) is 0 Å². The van der Waals surface area contributed by atoms with Crippen molar-refractivity contribution in [3.63, 3.8) is 0 Å². The average Bonchev–Trinajstić information content (AvgIpc) is 2.16. The Hall–Kier alpha value is -0.930. The molecule has 0 aliphatic carbocycles. The molecular weight excluding hydrogens is 182 g/mol. The van der Waals surface area contributed by atoms with Crippen molar-refractivity contribution in [3.8, 4) is 0 Å². The van der Waals surface area contributed by atoms with Gasteiger partial charge >= 0.3 is 0 Å². The van der Waals surface area contributed by atoms with Crippen molar-refractivity contribution in [2.24, 2.45) is 0 Å². The molecule has 14 heavy (non-hydrogen) atoms. The Morgan fingerprint density at radius 2 is 1.79 bits per heavy atom. The van der Waals surface area contributed by atoms with Gasteiger partial charge in [-0.3, -0.25) is 14.9 Å². The fourth-order valence-electron chi connectivity index (χ4n) is 1.33. The Morgan fingerprint density at radius 1 is 1.21 bits per heavy atom. The summed E-state index contributed by atoms with van der Waals surface area (Å²) in [6, 6.07) is -1.11. The van der Waals surface area contributed by atoms with E-state index in [0.717, 1.165) is 19.3 Å². The third-order valence-electron chi connectivity index (χ3n) is 2.22. The van der Waals surface area contributed by atoms with Crippen LogP contribution in [0.15, 0.2) is 0 Å². The first kappa shape index (κ1) is 13.1. The number of nitro groups is 1. The van der Waals surface area contributed by atoms with Gasteiger partial charge in [0, 0.05) is 11.3 Å².